The highest BCUT2D eigenvalue weighted by Gasteiger charge is 2.34. The van der Waals surface area contributed by atoms with E-state index >= 15 is 0 Å². The summed E-state index contributed by atoms with van der Waals surface area (Å²) in [6.07, 6.45) is 4.22. The highest BCUT2D eigenvalue weighted by molar-refractivity contribution is 6.05. The Morgan fingerprint density at radius 3 is 2.70 bits per heavy atom. The Bertz CT molecular complexity index is 1090. The van der Waals surface area contributed by atoms with Crippen molar-refractivity contribution in [3.05, 3.63) is 35.7 Å². The van der Waals surface area contributed by atoms with Crippen LogP contribution in [0.5, 0.6) is 0 Å². The summed E-state index contributed by atoms with van der Waals surface area (Å²) >= 11 is 0. The molecule has 2 fully saturated rings. The second-order valence-electron chi connectivity index (χ2n) is 7.79. The van der Waals surface area contributed by atoms with E-state index in [1.165, 1.54) is 12.8 Å². The number of hydrogen-bond donors (Lipinski definition) is 3. The van der Waals surface area contributed by atoms with Crippen LogP contribution in [0.15, 0.2) is 28.8 Å². The minimum Gasteiger partial charge on any atom is -0.386 e. The van der Waals surface area contributed by atoms with Crippen molar-refractivity contribution >= 4 is 34.3 Å². The van der Waals surface area contributed by atoms with E-state index in [-0.39, 0.29) is 23.8 Å². The molecule has 9 heteroatoms. The number of pyridine rings is 2. The van der Waals surface area contributed by atoms with Crippen molar-refractivity contribution in [2.75, 3.05) is 24.8 Å². The van der Waals surface area contributed by atoms with E-state index in [4.69, 9.17) is 9.26 Å². The lowest BCUT2D eigenvalue weighted by molar-refractivity contribution is 0.00678. The lowest BCUT2D eigenvalue weighted by Gasteiger charge is -2.35. The van der Waals surface area contributed by atoms with E-state index in [1.807, 2.05) is 18.2 Å². The van der Waals surface area contributed by atoms with Crippen LogP contribution in [-0.4, -0.2) is 47.3 Å². The second kappa shape index (κ2) is 7.56. The van der Waals surface area contributed by atoms with Gasteiger partial charge in [0, 0.05) is 31.8 Å². The molecule has 2 saturated carbocycles. The molecule has 3 aromatic rings. The lowest BCUT2D eigenvalue weighted by atomic mass is 9.89. The summed E-state index contributed by atoms with van der Waals surface area (Å²) in [6, 6.07) is 7.74. The highest BCUT2D eigenvalue weighted by atomic mass is 16.5. The van der Waals surface area contributed by atoms with E-state index in [9.17, 15) is 4.79 Å². The average Bonchev–Trinajstić information content (AvgIpc) is 3.50. The number of fused-ring (bicyclic) bond motifs is 1. The van der Waals surface area contributed by atoms with Gasteiger partial charge in [0.25, 0.3) is 5.91 Å². The first-order valence-electron chi connectivity index (χ1n) is 10.2. The van der Waals surface area contributed by atoms with Crippen LogP contribution in [-0.2, 0) is 4.74 Å². The molecule has 0 saturated heterocycles. The number of anilines is 3. The normalized spacial score (nSPS) is 20.6. The molecular weight excluding hydrogens is 384 g/mol. The van der Waals surface area contributed by atoms with Crippen molar-refractivity contribution in [3.8, 4) is 0 Å². The molecule has 156 valence electrons. The molecule has 0 aromatic carbocycles. The zero-order chi connectivity index (χ0) is 20.7. The van der Waals surface area contributed by atoms with Crippen LogP contribution in [0.25, 0.3) is 11.0 Å². The van der Waals surface area contributed by atoms with Crippen LogP contribution >= 0.6 is 0 Å². The number of amides is 1. The molecule has 0 bridgehead atoms. The van der Waals surface area contributed by atoms with Gasteiger partial charge in [-0.05, 0) is 37.8 Å². The molecule has 0 aliphatic heterocycles. The SMILES string of the molecule is CNc1cc(Nc2cccc(C3CC3)n2)nc2c(C(=O)N[C@@H]3CC[C@H]3OC)onc12. The number of nitrogens with zero attached hydrogens (tertiary/aromatic N) is 3. The Balaban J connectivity index is 1.44. The number of aromatic nitrogens is 3. The van der Waals surface area contributed by atoms with E-state index in [2.05, 4.69) is 37.1 Å². The molecule has 2 aliphatic rings. The van der Waals surface area contributed by atoms with Gasteiger partial charge in [0.15, 0.2) is 5.52 Å². The quantitative estimate of drug-likeness (QED) is 0.546. The first kappa shape index (κ1) is 18.8. The molecule has 3 heterocycles. The van der Waals surface area contributed by atoms with E-state index in [1.54, 1.807) is 14.2 Å². The van der Waals surface area contributed by atoms with Gasteiger partial charge < -0.3 is 25.2 Å². The van der Waals surface area contributed by atoms with Crippen molar-refractivity contribution < 1.29 is 14.1 Å². The summed E-state index contributed by atoms with van der Waals surface area (Å²) in [4.78, 5) is 22.1. The smallest absolute Gasteiger partial charge is 0.292 e. The number of methoxy groups -OCH3 is 1. The average molecular weight is 408 g/mol. The zero-order valence-electron chi connectivity index (χ0n) is 16.9. The number of rotatable bonds is 7. The van der Waals surface area contributed by atoms with Gasteiger partial charge in [-0.3, -0.25) is 4.79 Å². The van der Waals surface area contributed by atoms with Gasteiger partial charge in [0.1, 0.15) is 17.2 Å². The number of carbonyl (C=O) groups is 1. The Morgan fingerprint density at radius 2 is 2.00 bits per heavy atom. The fraction of sp³-hybridized carbons (Fsp3) is 0.429. The second-order valence-corrected chi connectivity index (χ2v) is 7.79. The first-order valence-corrected chi connectivity index (χ1v) is 10.2. The van der Waals surface area contributed by atoms with Gasteiger partial charge >= 0.3 is 0 Å². The molecule has 0 radical (unpaired) electrons. The van der Waals surface area contributed by atoms with Crippen molar-refractivity contribution in [2.45, 2.75) is 43.7 Å². The summed E-state index contributed by atoms with van der Waals surface area (Å²) in [5, 5.41) is 13.4. The fourth-order valence-electron chi connectivity index (χ4n) is 3.74. The van der Waals surface area contributed by atoms with Crippen LogP contribution in [0.3, 0.4) is 0 Å². The minimum atomic E-state index is -0.343. The summed E-state index contributed by atoms with van der Waals surface area (Å²) in [5.41, 5.74) is 2.70. The molecule has 1 amide bonds. The molecule has 5 rings (SSSR count). The molecule has 2 atom stereocenters. The standard InChI is InChI=1S/C21H24N6O3/c1-22-14-10-17(25-16-5-3-4-12(23-16)11-6-7-11)26-19-18(14)27-30-20(19)21(28)24-13-8-9-15(13)29-2/h3-5,10-11,13,15,22H,6-9H2,1-2H3,(H,24,28)(H,23,25,26)/t13-,15-/m1/s1. The molecular formula is C21H24N6O3. The maximum Gasteiger partial charge on any atom is 0.292 e. The van der Waals surface area contributed by atoms with E-state index < -0.39 is 0 Å². The molecule has 3 aromatic heterocycles. The number of ether oxygens (including phenoxy) is 1. The minimum absolute atomic E-state index is 0.0258. The first-order chi connectivity index (χ1) is 14.7. The topological polar surface area (TPSA) is 114 Å². The molecule has 9 nitrogen and oxygen atoms in total. The third-order valence-corrected chi connectivity index (χ3v) is 5.76. The maximum atomic E-state index is 12.8. The number of hydrogen-bond acceptors (Lipinski definition) is 8. The Kier molecular flexibility index (Phi) is 4.74. The summed E-state index contributed by atoms with van der Waals surface area (Å²) in [6.45, 7) is 0. The van der Waals surface area contributed by atoms with E-state index in [0.29, 0.717) is 34.3 Å². The molecule has 2 aliphatic carbocycles. The summed E-state index contributed by atoms with van der Waals surface area (Å²) < 4.78 is 10.7. The van der Waals surface area contributed by atoms with Gasteiger partial charge in [0.2, 0.25) is 5.76 Å². The predicted octanol–water partition coefficient (Wildman–Crippen LogP) is 3.19. The van der Waals surface area contributed by atoms with Crippen LogP contribution in [0.1, 0.15) is 47.8 Å². The molecule has 3 N–H and O–H groups in total. The van der Waals surface area contributed by atoms with Crippen LogP contribution in [0.2, 0.25) is 0 Å². The van der Waals surface area contributed by atoms with Gasteiger partial charge in [-0.25, -0.2) is 9.97 Å². The van der Waals surface area contributed by atoms with Crippen molar-refractivity contribution in [3.63, 3.8) is 0 Å². The van der Waals surface area contributed by atoms with E-state index in [0.717, 1.165) is 18.5 Å². The Labute approximate surface area is 173 Å². The lowest BCUT2D eigenvalue weighted by Crippen LogP contribution is -2.51. The van der Waals surface area contributed by atoms with Crippen molar-refractivity contribution in [1.29, 1.82) is 0 Å². The third-order valence-electron chi connectivity index (χ3n) is 5.76. The van der Waals surface area contributed by atoms with Crippen LogP contribution < -0.4 is 16.0 Å². The number of carbonyl (C=O) groups excluding carboxylic acids is 1. The molecule has 30 heavy (non-hydrogen) atoms. The van der Waals surface area contributed by atoms with Crippen LogP contribution in [0, 0.1) is 0 Å². The number of nitrogens with one attached hydrogen (secondary N) is 3. The van der Waals surface area contributed by atoms with Crippen LogP contribution in [0.4, 0.5) is 17.3 Å². The van der Waals surface area contributed by atoms with Gasteiger partial charge in [-0.2, -0.15) is 0 Å². The Morgan fingerprint density at radius 1 is 1.13 bits per heavy atom. The zero-order valence-corrected chi connectivity index (χ0v) is 16.9. The fourth-order valence-corrected chi connectivity index (χ4v) is 3.74. The van der Waals surface area contributed by atoms with Gasteiger partial charge in [-0.1, -0.05) is 11.2 Å². The molecule has 0 unspecified atom stereocenters. The Hall–Kier alpha value is -3.20. The van der Waals surface area contributed by atoms with Gasteiger partial charge in [-0.15, -0.1) is 0 Å². The molecule has 0 spiro atoms. The van der Waals surface area contributed by atoms with Gasteiger partial charge in [0.05, 0.1) is 17.8 Å². The summed E-state index contributed by atoms with van der Waals surface area (Å²) in [5.74, 6) is 1.58. The summed E-state index contributed by atoms with van der Waals surface area (Å²) in [7, 11) is 3.44. The van der Waals surface area contributed by atoms with Crippen molar-refractivity contribution in [2.24, 2.45) is 0 Å². The highest BCUT2D eigenvalue weighted by Crippen LogP contribution is 2.39. The van der Waals surface area contributed by atoms with Crippen molar-refractivity contribution in [1.82, 2.24) is 20.4 Å². The predicted molar refractivity (Wildman–Crippen MR) is 112 cm³/mol. The monoisotopic (exact) mass is 408 g/mol. The maximum absolute atomic E-state index is 12.8. The third kappa shape index (κ3) is 3.45. The largest absolute Gasteiger partial charge is 0.386 e.